The van der Waals surface area contributed by atoms with Crippen molar-refractivity contribution in [2.45, 2.75) is 12.6 Å². The fraction of sp³-hybridized carbons (Fsp3) is 0.250. The first-order valence-electron chi connectivity index (χ1n) is 3.78. The molecule has 0 saturated carbocycles. The zero-order valence-electron chi connectivity index (χ0n) is 7.36. The number of pyridine rings is 1. The summed E-state index contributed by atoms with van der Waals surface area (Å²) < 4.78 is 74.0. The van der Waals surface area contributed by atoms with Crippen molar-refractivity contribution in [1.82, 2.24) is 4.98 Å². The van der Waals surface area contributed by atoms with Crippen LogP contribution in [0.1, 0.15) is 28.0 Å². The Kier molecular flexibility index (Phi) is 3.20. The summed E-state index contributed by atoms with van der Waals surface area (Å²) in [5, 5.41) is 0. The molecule has 0 amide bonds. The summed E-state index contributed by atoms with van der Waals surface area (Å²) in [5.41, 5.74) is -4.63. The molecule has 16 heavy (non-hydrogen) atoms. The standard InChI is InChI=1S/C8H3F6NO/c9-6(10)5-4(8(12,13)14)1-3(2-16)15-7(5)11/h1-2,6H. The number of hydrogen-bond acceptors (Lipinski definition) is 2. The quantitative estimate of drug-likeness (QED) is 0.454. The summed E-state index contributed by atoms with van der Waals surface area (Å²) in [6.45, 7) is 0. The molecule has 0 saturated heterocycles. The van der Waals surface area contributed by atoms with E-state index < -0.39 is 35.4 Å². The number of hydrogen-bond donors (Lipinski definition) is 0. The van der Waals surface area contributed by atoms with Crippen molar-refractivity contribution in [3.8, 4) is 0 Å². The van der Waals surface area contributed by atoms with E-state index in [0.717, 1.165) is 0 Å². The van der Waals surface area contributed by atoms with Gasteiger partial charge in [-0.3, -0.25) is 4.79 Å². The van der Waals surface area contributed by atoms with Crippen LogP contribution < -0.4 is 0 Å². The van der Waals surface area contributed by atoms with Crippen LogP contribution in [0.25, 0.3) is 0 Å². The van der Waals surface area contributed by atoms with Crippen LogP contribution in [0.3, 0.4) is 0 Å². The average molecular weight is 243 g/mol. The van der Waals surface area contributed by atoms with Crippen LogP contribution in [-0.2, 0) is 6.18 Å². The Morgan fingerprint density at radius 1 is 1.31 bits per heavy atom. The van der Waals surface area contributed by atoms with Gasteiger partial charge >= 0.3 is 6.18 Å². The third-order valence-electron chi connectivity index (χ3n) is 1.68. The third kappa shape index (κ3) is 2.31. The predicted molar refractivity (Wildman–Crippen MR) is 39.5 cm³/mol. The van der Waals surface area contributed by atoms with Gasteiger partial charge in [0.25, 0.3) is 6.43 Å². The second kappa shape index (κ2) is 4.11. The highest BCUT2D eigenvalue weighted by Gasteiger charge is 2.38. The molecule has 0 fully saturated rings. The largest absolute Gasteiger partial charge is 0.417 e. The predicted octanol–water partition coefficient (Wildman–Crippen LogP) is 2.99. The van der Waals surface area contributed by atoms with Crippen LogP contribution in [0.4, 0.5) is 26.3 Å². The molecule has 0 atom stereocenters. The maximum absolute atomic E-state index is 12.8. The van der Waals surface area contributed by atoms with Gasteiger partial charge in [0.2, 0.25) is 5.95 Å². The minimum Gasteiger partial charge on any atom is -0.296 e. The zero-order valence-corrected chi connectivity index (χ0v) is 7.36. The summed E-state index contributed by atoms with van der Waals surface area (Å²) >= 11 is 0. The van der Waals surface area contributed by atoms with Crippen LogP contribution in [0.5, 0.6) is 0 Å². The van der Waals surface area contributed by atoms with Gasteiger partial charge in [0, 0.05) is 0 Å². The van der Waals surface area contributed by atoms with Crippen molar-refractivity contribution >= 4 is 6.29 Å². The van der Waals surface area contributed by atoms with E-state index in [1.807, 2.05) is 0 Å². The van der Waals surface area contributed by atoms with E-state index in [0.29, 0.717) is 0 Å². The first-order valence-corrected chi connectivity index (χ1v) is 3.78. The van der Waals surface area contributed by atoms with E-state index in [1.165, 1.54) is 0 Å². The molecule has 0 N–H and O–H groups in total. The molecule has 88 valence electrons. The minimum absolute atomic E-state index is 0.0809. The van der Waals surface area contributed by atoms with Gasteiger partial charge in [0.15, 0.2) is 6.29 Å². The second-order valence-corrected chi connectivity index (χ2v) is 2.72. The summed E-state index contributed by atoms with van der Waals surface area (Å²) in [7, 11) is 0. The van der Waals surface area contributed by atoms with E-state index >= 15 is 0 Å². The molecule has 8 heteroatoms. The molecule has 1 heterocycles. The number of carbonyl (C=O) groups excluding carboxylic acids is 1. The first-order chi connectivity index (χ1) is 7.27. The van der Waals surface area contributed by atoms with Gasteiger partial charge < -0.3 is 0 Å². The zero-order chi connectivity index (χ0) is 12.5. The van der Waals surface area contributed by atoms with E-state index in [2.05, 4.69) is 4.98 Å². The topological polar surface area (TPSA) is 30.0 Å². The highest BCUT2D eigenvalue weighted by Crippen LogP contribution is 2.37. The highest BCUT2D eigenvalue weighted by molar-refractivity contribution is 5.72. The van der Waals surface area contributed by atoms with Gasteiger partial charge in [-0.05, 0) is 6.07 Å². The summed E-state index contributed by atoms with van der Waals surface area (Å²) in [4.78, 5) is 12.8. The smallest absolute Gasteiger partial charge is 0.296 e. The Morgan fingerprint density at radius 3 is 2.25 bits per heavy atom. The molecule has 0 aromatic carbocycles. The molecule has 0 bridgehead atoms. The number of alkyl halides is 5. The van der Waals surface area contributed by atoms with Crippen molar-refractivity contribution in [3.63, 3.8) is 0 Å². The molecule has 0 unspecified atom stereocenters. The van der Waals surface area contributed by atoms with Crippen LogP contribution in [-0.4, -0.2) is 11.3 Å². The van der Waals surface area contributed by atoms with Crippen LogP contribution in [0, 0.1) is 5.95 Å². The minimum atomic E-state index is -5.17. The summed E-state index contributed by atoms with van der Waals surface area (Å²) in [5.74, 6) is -1.99. The van der Waals surface area contributed by atoms with Gasteiger partial charge in [0.05, 0.1) is 11.1 Å². The van der Waals surface area contributed by atoms with Crippen molar-refractivity contribution in [2.75, 3.05) is 0 Å². The normalized spacial score (nSPS) is 11.9. The lowest BCUT2D eigenvalue weighted by Crippen LogP contribution is -2.14. The third-order valence-corrected chi connectivity index (χ3v) is 1.68. The molecule has 1 rings (SSSR count). The molecule has 0 radical (unpaired) electrons. The maximum Gasteiger partial charge on any atom is 0.417 e. The van der Waals surface area contributed by atoms with Gasteiger partial charge in [-0.15, -0.1) is 0 Å². The first kappa shape index (κ1) is 12.5. The number of aromatic nitrogens is 1. The van der Waals surface area contributed by atoms with E-state index in [1.54, 1.807) is 0 Å². The highest BCUT2D eigenvalue weighted by atomic mass is 19.4. The van der Waals surface area contributed by atoms with Crippen molar-refractivity contribution in [2.24, 2.45) is 0 Å². The van der Waals surface area contributed by atoms with Gasteiger partial charge in [-0.25, -0.2) is 13.8 Å². The molecule has 0 aliphatic heterocycles. The summed E-state index contributed by atoms with van der Waals surface area (Å²) in [6, 6.07) is 0.0809. The van der Waals surface area contributed by atoms with Gasteiger partial charge in [-0.2, -0.15) is 17.6 Å². The molecular weight excluding hydrogens is 240 g/mol. The lowest BCUT2D eigenvalue weighted by atomic mass is 10.1. The van der Waals surface area contributed by atoms with Gasteiger partial charge in [-0.1, -0.05) is 0 Å². The maximum atomic E-state index is 12.8. The van der Waals surface area contributed by atoms with E-state index in [9.17, 15) is 31.1 Å². The van der Waals surface area contributed by atoms with Crippen LogP contribution >= 0.6 is 0 Å². The van der Waals surface area contributed by atoms with Gasteiger partial charge in [0.1, 0.15) is 5.69 Å². The Bertz CT molecular complexity index is 414. The lowest BCUT2D eigenvalue weighted by Gasteiger charge is -2.12. The Morgan fingerprint density at radius 2 is 1.88 bits per heavy atom. The Balaban J connectivity index is 3.53. The molecule has 2 nitrogen and oxygen atoms in total. The number of halogens is 6. The molecule has 1 aromatic rings. The SMILES string of the molecule is O=Cc1cc(C(F)(F)F)c(C(F)F)c(F)n1. The Hall–Kier alpha value is -1.60. The van der Waals surface area contributed by atoms with E-state index in [-0.39, 0.29) is 12.4 Å². The number of rotatable bonds is 2. The monoisotopic (exact) mass is 243 g/mol. The lowest BCUT2D eigenvalue weighted by molar-refractivity contribution is -0.140. The second-order valence-electron chi connectivity index (χ2n) is 2.72. The number of carbonyl (C=O) groups is 1. The van der Waals surface area contributed by atoms with Crippen molar-refractivity contribution < 1.29 is 31.1 Å². The molecule has 0 aliphatic carbocycles. The summed E-state index contributed by atoms with van der Waals surface area (Å²) in [6.07, 6.45) is -8.99. The van der Waals surface area contributed by atoms with Crippen molar-refractivity contribution in [3.05, 3.63) is 28.8 Å². The van der Waals surface area contributed by atoms with Crippen molar-refractivity contribution in [1.29, 1.82) is 0 Å². The number of aldehydes is 1. The molecule has 0 aliphatic rings. The molecule has 1 aromatic heterocycles. The fourth-order valence-corrected chi connectivity index (χ4v) is 1.05. The molecule has 0 spiro atoms. The average Bonchev–Trinajstić information content (AvgIpc) is 2.14. The molecular formula is C8H3F6NO. The fourth-order valence-electron chi connectivity index (χ4n) is 1.05. The number of nitrogens with zero attached hydrogens (tertiary/aromatic N) is 1. The van der Waals surface area contributed by atoms with Crippen LogP contribution in [0.15, 0.2) is 6.07 Å². The van der Waals surface area contributed by atoms with Crippen LogP contribution in [0.2, 0.25) is 0 Å². The Labute approximate surface area is 84.9 Å². The van der Waals surface area contributed by atoms with E-state index in [4.69, 9.17) is 0 Å².